The van der Waals surface area contributed by atoms with E-state index in [4.69, 9.17) is 0 Å². The second-order valence-electron chi connectivity index (χ2n) is 7.84. The lowest BCUT2D eigenvalue weighted by Gasteiger charge is -2.31. The molecule has 4 rings (SSSR count). The summed E-state index contributed by atoms with van der Waals surface area (Å²) in [6.45, 7) is 6.29. The first-order valence-corrected chi connectivity index (χ1v) is 9.65. The number of hydrogen-bond donors (Lipinski definition) is 1. The highest BCUT2D eigenvalue weighted by Gasteiger charge is 2.37. The van der Waals surface area contributed by atoms with Gasteiger partial charge in [0.1, 0.15) is 5.82 Å². The molecule has 1 N–H and O–H groups in total. The van der Waals surface area contributed by atoms with Gasteiger partial charge in [-0.15, -0.1) is 10.2 Å². The van der Waals surface area contributed by atoms with Crippen molar-refractivity contribution in [3.8, 4) is 0 Å². The molecule has 0 aromatic carbocycles. The van der Waals surface area contributed by atoms with Crippen molar-refractivity contribution in [2.45, 2.75) is 52.0 Å². The molecule has 4 heterocycles. The van der Waals surface area contributed by atoms with Gasteiger partial charge in [0.25, 0.3) is 0 Å². The first-order valence-electron chi connectivity index (χ1n) is 9.65. The summed E-state index contributed by atoms with van der Waals surface area (Å²) >= 11 is 0. The van der Waals surface area contributed by atoms with Crippen LogP contribution in [-0.2, 0) is 24.4 Å². The topological polar surface area (TPSA) is 87.4 Å². The maximum Gasteiger partial charge on any atom is 0.225 e. The van der Waals surface area contributed by atoms with Gasteiger partial charge in [-0.3, -0.25) is 14.7 Å². The second-order valence-corrected chi connectivity index (χ2v) is 7.84. The zero-order chi connectivity index (χ0) is 19.8. The van der Waals surface area contributed by atoms with Crippen molar-refractivity contribution < 1.29 is 14.3 Å². The Kier molecular flexibility index (Phi) is 5.11. The van der Waals surface area contributed by atoms with Gasteiger partial charge in [0.2, 0.25) is 5.91 Å². The van der Waals surface area contributed by atoms with Crippen LogP contribution in [0.25, 0.3) is 0 Å². The number of hydrogen-bond acceptors (Lipinski definition) is 6. The van der Waals surface area contributed by atoms with Crippen molar-refractivity contribution >= 4 is 5.91 Å². The molecular weight excluding hydrogens is 363 g/mol. The van der Waals surface area contributed by atoms with Gasteiger partial charge in [0, 0.05) is 43.9 Å². The number of rotatable bonds is 4. The lowest BCUT2D eigenvalue weighted by atomic mass is 10.1. The van der Waals surface area contributed by atoms with Crippen molar-refractivity contribution in [2.75, 3.05) is 13.1 Å². The normalized spacial score (nSPS) is 22.7. The Balaban J connectivity index is 1.56. The van der Waals surface area contributed by atoms with Crippen LogP contribution in [0.3, 0.4) is 0 Å². The van der Waals surface area contributed by atoms with E-state index in [-0.39, 0.29) is 23.7 Å². The zero-order valence-electron chi connectivity index (χ0n) is 16.1. The Labute approximate surface area is 163 Å². The summed E-state index contributed by atoms with van der Waals surface area (Å²) in [4.78, 5) is 19.9. The highest BCUT2D eigenvalue weighted by Crippen LogP contribution is 2.34. The summed E-state index contributed by atoms with van der Waals surface area (Å²) in [5.74, 6) is 1.24. The number of aliphatic hydroxyl groups is 1. The van der Waals surface area contributed by atoms with Crippen LogP contribution in [0.1, 0.15) is 43.5 Å². The maximum absolute atomic E-state index is 14.0. The van der Waals surface area contributed by atoms with Gasteiger partial charge in [-0.25, -0.2) is 4.39 Å². The third kappa shape index (κ3) is 3.51. The fraction of sp³-hybridized carbons (Fsp3) is 0.579. The molecule has 0 radical (unpaired) electrons. The Morgan fingerprint density at radius 3 is 2.93 bits per heavy atom. The van der Waals surface area contributed by atoms with Crippen LogP contribution in [0.2, 0.25) is 0 Å². The van der Waals surface area contributed by atoms with Crippen LogP contribution in [0.5, 0.6) is 0 Å². The molecule has 0 bridgehead atoms. The van der Waals surface area contributed by atoms with E-state index in [1.54, 1.807) is 12.3 Å². The van der Waals surface area contributed by atoms with Crippen molar-refractivity contribution in [3.05, 3.63) is 41.5 Å². The van der Waals surface area contributed by atoms with Crippen LogP contribution in [0.15, 0.2) is 18.5 Å². The summed E-state index contributed by atoms with van der Waals surface area (Å²) in [5.41, 5.74) is 0.543. The quantitative estimate of drug-likeness (QED) is 0.845. The smallest absolute Gasteiger partial charge is 0.225 e. The molecule has 8 nitrogen and oxygen atoms in total. The van der Waals surface area contributed by atoms with Gasteiger partial charge in [0.05, 0.1) is 24.9 Å². The van der Waals surface area contributed by atoms with Gasteiger partial charge >= 0.3 is 0 Å². The molecule has 2 aliphatic heterocycles. The fourth-order valence-corrected chi connectivity index (χ4v) is 4.05. The molecule has 0 aliphatic carbocycles. The predicted molar refractivity (Wildman–Crippen MR) is 98.2 cm³/mol. The van der Waals surface area contributed by atoms with Gasteiger partial charge in [-0.05, 0) is 12.5 Å². The lowest BCUT2D eigenvalue weighted by molar-refractivity contribution is -0.136. The minimum atomic E-state index is -0.495. The SMILES string of the molecule is CC(C)C(=O)N1CCn2c(nnc2[C@@H]2C[C@H](O)CN2Cc2ccncc2F)C1. The van der Waals surface area contributed by atoms with Crippen LogP contribution >= 0.6 is 0 Å². The van der Waals surface area contributed by atoms with E-state index in [9.17, 15) is 14.3 Å². The number of carbonyl (C=O) groups is 1. The molecule has 2 aromatic rings. The van der Waals surface area contributed by atoms with E-state index in [1.165, 1.54) is 6.20 Å². The summed E-state index contributed by atoms with van der Waals surface area (Å²) in [5, 5.41) is 18.9. The number of fused-ring (bicyclic) bond motifs is 1. The molecule has 2 aliphatic rings. The first-order chi connectivity index (χ1) is 13.4. The highest BCUT2D eigenvalue weighted by atomic mass is 19.1. The molecule has 0 spiro atoms. The maximum atomic E-state index is 14.0. The number of carbonyl (C=O) groups excluding carboxylic acids is 1. The van der Waals surface area contributed by atoms with Gasteiger partial charge in [0.15, 0.2) is 11.6 Å². The minimum Gasteiger partial charge on any atom is -0.392 e. The average Bonchev–Trinajstić information content (AvgIpc) is 3.25. The molecule has 0 saturated carbocycles. The van der Waals surface area contributed by atoms with Crippen molar-refractivity contribution in [1.29, 1.82) is 0 Å². The molecule has 0 unspecified atom stereocenters. The summed E-state index contributed by atoms with van der Waals surface area (Å²) in [6, 6.07) is 1.52. The molecule has 28 heavy (non-hydrogen) atoms. The Bertz CT molecular complexity index is 870. The average molecular weight is 388 g/mol. The summed E-state index contributed by atoms with van der Waals surface area (Å²) in [6.07, 6.45) is 2.81. The van der Waals surface area contributed by atoms with E-state index in [2.05, 4.69) is 15.2 Å². The molecule has 9 heteroatoms. The standard InChI is InChI=1S/C19H25FN6O2/c1-12(2)19(28)24-5-6-26-17(11-24)22-23-18(26)16-7-14(27)10-25(16)9-13-3-4-21-8-15(13)20/h3-4,8,12,14,16,27H,5-7,9-11H2,1-2H3/t14-,16-/m0/s1. The highest BCUT2D eigenvalue weighted by molar-refractivity contribution is 5.78. The van der Waals surface area contributed by atoms with Crippen LogP contribution in [0, 0.1) is 11.7 Å². The second kappa shape index (κ2) is 7.56. The number of β-amino-alcohol motifs (C(OH)–C–C–N with tert-alkyl or cyclic N) is 1. The van der Waals surface area contributed by atoms with Crippen LogP contribution in [0.4, 0.5) is 4.39 Å². The van der Waals surface area contributed by atoms with E-state index >= 15 is 0 Å². The third-order valence-corrected chi connectivity index (χ3v) is 5.50. The molecule has 150 valence electrons. The van der Waals surface area contributed by atoms with Crippen LogP contribution < -0.4 is 0 Å². The molecule has 1 fully saturated rings. The number of amides is 1. The summed E-state index contributed by atoms with van der Waals surface area (Å²) in [7, 11) is 0. The van der Waals surface area contributed by atoms with Crippen molar-refractivity contribution in [1.82, 2.24) is 29.5 Å². The Morgan fingerprint density at radius 2 is 2.18 bits per heavy atom. The summed E-state index contributed by atoms with van der Waals surface area (Å²) < 4.78 is 16.1. The Morgan fingerprint density at radius 1 is 1.36 bits per heavy atom. The number of aromatic nitrogens is 4. The Hall–Kier alpha value is -2.39. The molecule has 2 atom stereocenters. The number of halogens is 1. The fourth-order valence-electron chi connectivity index (χ4n) is 4.05. The zero-order valence-corrected chi connectivity index (χ0v) is 16.1. The van der Waals surface area contributed by atoms with Crippen LogP contribution in [-0.4, -0.2) is 59.8 Å². The predicted octanol–water partition coefficient (Wildman–Crippen LogP) is 1.12. The number of aliphatic hydroxyl groups excluding tert-OH is 1. The van der Waals surface area contributed by atoms with Gasteiger partial charge < -0.3 is 14.6 Å². The first kappa shape index (κ1) is 18.9. The monoisotopic (exact) mass is 388 g/mol. The minimum absolute atomic E-state index is 0.0512. The van der Waals surface area contributed by atoms with E-state index in [0.29, 0.717) is 44.7 Å². The van der Waals surface area contributed by atoms with Gasteiger partial charge in [-0.2, -0.15) is 0 Å². The number of nitrogens with zero attached hydrogens (tertiary/aromatic N) is 6. The van der Waals surface area contributed by atoms with E-state index in [0.717, 1.165) is 11.6 Å². The molecule has 1 saturated heterocycles. The molecular formula is C19H25FN6O2. The lowest BCUT2D eigenvalue weighted by Crippen LogP contribution is -2.41. The number of likely N-dealkylation sites (tertiary alicyclic amines) is 1. The van der Waals surface area contributed by atoms with Gasteiger partial charge in [-0.1, -0.05) is 13.8 Å². The number of pyridine rings is 1. The third-order valence-electron chi connectivity index (χ3n) is 5.50. The molecule has 2 aromatic heterocycles. The largest absolute Gasteiger partial charge is 0.392 e. The van der Waals surface area contributed by atoms with Crippen molar-refractivity contribution in [2.24, 2.45) is 5.92 Å². The van der Waals surface area contributed by atoms with E-state index < -0.39 is 6.10 Å². The van der Waals surface area contributed by atoms with E-state index in [1.807, 2.05) is 28.2 Å². The molecule has 1 amide bonds. The van der Waals surface area contributed by atoms with Crippen molar-refractivity contribution in [3.63, 3.8) is 0 Å².